The zero-order valence-corrected chi connectivity index (χ0v) is 13.7. The number of anilines is 1. The molecule has 0 aliphatic carbocycles. The Bertz CT molecular complexity index is 641. The van der Waals surface area contributed by atoms with Gasteiger partial charge in [-0.25, -0.2) is 9.37 Å². The van der Waals surface area contributed by atoms with Crippen LogP contribution in [0.2, 0.25) is 0 Å². The van der Waals surface area contributed by atoms with E-state index in [1.54, 1.807) is 18.3 Å². The van der Waals surface area contributed by atoms with Crippen LogP contribution >= 0.6 is 11.3 Å². The van der Waals surface area contributed by atoms with E-state index in [2.05, 4.69) is 10.3 Å². The van der Waals surface area contributed by atoms with Crippen molar-refractivity contribution < 1.29 is 19.0 Å². The average Bonchev–Trinajstić information content (AvgIpc) is 3.02. The van der Waals surface area contributed by atoms with E-state index in [9.17, 15) is 9.18 Å². The number of nitrogens with zero attached hydrogens (tertiary/aromatic N) is 1. The lowest BCUT2D eigenvalue weighted by Gasteiger charge is -2.29. The number of quaternary nitrogens is 2. The third-order valence-electron chi connectivity index (χ3n) is 4.10. The number of rotatable bonds is 5. The van der Waals surface area contributed by atoms with Gasteiger partial charge in [0, 0.05) is 17.1 Å². The molecule has 3 rings (SSSR count). The van der Waals surface area contributed by atoms with Crippen LogP contribution in [0.25, 0.3) is 0 Å². The highest BCUT2D eigenvalue weighted by Gasteiger charge is 2.25. The molecule has 5 nitrogen and oxygen atoms in total. The van der Waals surface area contributed by atoms with Gasteiger partial charge in [0.05, 0.1) is 0 Å². The van der Waals surface area contributed by atoms with E-state index in [0.29, 0.717) is 11.7 Å². The molecular formula is C16H21FN4OS+2. The molecule has 0 atom stereocenters. The van der Waals surface area contributed by atoms with Crippen LogP contribution in [0.1, 0.15) is 5.56 Å². The second-order valence-corrected chi connectivity index (χ2v) is 6.76. The van der Waals surface area contributed by atoms with Crippen molar-refractivity contribution in [2.45, 2.75) is 6.54 Å². The molecule has 23 heavy (non-hydrogen) atoms. The highest BCUT2D eigenvalue weighted by molar-refractivity contribution is 7.13. The lowest BCUT2D eigenvalue weighted by molar-refractivity contribution is -1.02. The number of piperazine rings is 1. The number of amides is 1. The first-order valence-electron chi connectivity index (χ1n) is 7.80. The summed E-state index contributed by atoms with van der Waals surface area (Å²) in [5.41, 5.74) is 1.03. The van der Waals surface area contributed by atoms with Crippen molar-refractivity contribution in [2.24, 2.45) is 0 Å². The maximum atomic E-state index is 13.2. The summed E-state index contributed by atoms with van der Waals surface area (Å²) in [7, 11) is 0. The van der Waals surface area contributed by atoms with Gasteiger partial charge >= 0.3 is 0 Å². The number of benzene rings is 1. The van der Waals surface area contributed by atoms with Crippen molar-refractivity contribution in [3.63, 3.8) is 0 Å². The highest BCUT2D eigenvalue weighted by atomic mass is 32.1. The van der Waals surface area contributed by atoms with Crippen molar-refractivity contribution in [1.29, 1.82) is 0 Å². The Morgan fingerprint density at radius 3 is 2.74 bits per heavy atom. The fourth-order valence-electron chi connectivity index (χ4n) is 2.92. The largest absolute Gasteiger partial charge is 0.322 e. The molecule has 0 spiro atoms. The highest BCUT2D eigenvalue weighted by Crippen LogP contribution is 2.09. The predicted octanol–water partition coefficient (Wildman–Crippen LogP) is -0.796. The van der Waals surface area contributed by atoms with Crippen LogP contribution in [0.3, 0.4) is 0 Å². The first-order chi connectivity index (χ1) is 11.2. The summed E-state index contributed by atoms with van der Waals surface area (Å²) >= 11 is 1.43. The molecule has 1 aromatic carbocycles. The minimum Gasteiger partial charge on any atom is -0.322 e. The number of aromatic nitrogens is 1. The Labute approximate surface area is 138 Å². The molecule has 2 aromatic rings. The lowest BCUT2D eigenvalue weighted by Crippen LogP contribution is -3.28. The number of carbonyl (C=O) groups is 1. The van der Waals surface area contributed by atoms with Gasteiger partial charge < -0.3 is 9.80 Å². The Balaban J connectivity index is 1.42. The Morgan fingerprint density at radius 2 is 2.04 bits per heavy atom. The maximum absolute atomic E-state index is 13.2. The minimum atomic E-state index is -0.176. The van der Waals surface area contributed by atoms with Crippen LogP contribution in [0, 0.1) is 5.82 Å². The van der Waals surface area contributed by atoms with E-state index in [0.717, 1.165) is 38.3 Å². The Morgan fingerprint density at radius 1 is 1.26 bits per heavy atom. The molecule has 0 saturated carbocycles. The molecule has 1 amide bonds. The molecule has 1 aromatic heterocycles. The quantitative estimate of drug-likeness (QED) is 0.670. The van der Waals surface area contributed by atoms with Gasteiger partial charge in [-0.05, 0) is 12.1 Å². The second kappa shape index (κ2) is 7.63. The summed E-state index contributed by atoms with van der Waals surface area (Å²) < 4.78 is 13.2. The summed E-state index contributed by atoms with van der Waals surface area (Å²) in [5, 5.41) is 5.33. The van der Waals surface area contributed by atoms with E-state index in [-0.39, 0.29) is 11.7 Å². The van der Waals surface area contributed by atoms with Gasteiger partial charge in [-0.15, -0.1) is 11.3 Å². The van der Waals surface area contributed by atoms with Gasteiger partial charge in [-0.1, -0.05) is 12.1 Å². The second-order valence-electron chi connectivity index (χ2n) is 5.87. The zero-order chi connectivity index (χ0) is 16.1. The van der Waals surface area contributed by atoms with E-state index < -0.39 is 0 Å². The summed E-state index contributed by atoms with van der Waals surface area (Å²) in [5.74, 6) is -0.159. The zero-order valence-electron chi connectivity index (χ0n) is 12.8. The number of nitrogens with one attached hydrogen (secondary N) is 3. The van der Waals surface area contributed by atoms with Crippen molar-refractivity contribution in [3.05, 3.63) is 47.2 Å². The van der Waals surface area contributed by atoms with E-state index in [1.807, 2.05) is 11.4 Å². The van der Waals surface area contributed by atoms with Gasteiger partial charge in [-0.2, -0.15) is 0 Å². The average molecular weight is 336 g/mol. The monoisotopic (exact) mass is 336 g/mol. The van der Waals surface area contributed by atoms with Gasteiger partial charge in [0.15, 0.2) is 11.7 Å². The normalized spacial score (nSPS) is 21.1. The first kappa shape index (κ1) is 16.0. The van der Waals surface area contributed by atoms with Crippen LogP contribution in [-0.4, -0.2) is 43.6 Å². The molecule has 1 saturated heterocycles. The van der Waals surface area contributed by atoms with Crippen LogP contribution in [-0.2, 0) is 11.3 Å². The van der Waals surface area contributed by atoms with Gasteiger partial charge in [0.2, 0.25) is 0 Å². The topological polar surface area (TPSA) is 50.9 Å². The van der Waals surface area contributed by atoms with Crippen molar-refractivity contribution in [2.75, 3.05) is 38.0 Å². The molecule has 3 N–H and O–H groups in total. The smallest absolute Gasteiger partial charge is 0.281 e. The molecule has 0 bridgehead atoms. The van der Waals surface area contributed by atoms with Crippen molar-refractivity contribution >= 4 is 22.4 Å². The molecule has 122 valence electrons. The minimum absolute atomic E-state index is 0.0172. The Hall–Kier alpha value is -1.83. The Kier molecular flexibility index (Phi) is 5.32. The number of halogens is 1. The van der Waals surface area contributed by atoms with Crippen LogP contribution in [0.4, 0.5) is 9.52 Å². The van der Waals surface area contributed by atoms with Gasteiger partial charge in [0.1, 0.15) is 38.5 Å². The SMILES string of the molecule is O=C(C[NH+]1CC[NH+](Cc2cccc(F)c2)CC1)Nc1nccs1. The maximum Gasteiger partial charge on any atom is 0.281 e. The molecule has 0 unspecified atom stereocenters. The van der Waals surface area contributed by atoms with Gasteiger partial charge in [0.25, 0.3) is 5.91 Å². The van der Waals surface area contributed by atoms with Crippen LogP contribution < -0.4 is 15.1 Å². The third-order valence-corrected chi connectivity index (χ3v) is 4.79. The van der Waals surface area contributed by atoms with Crippen molar-refractivity contribution in [1.82, 2.24) is 4.98 Å². The van der Waals surface area contributed by atoms with E-state index in [1.165, 1.54) is 27.2 Å². The van der Waals surface area contributed by atoms with Gasteiger partial charge in [-0.3, -0.25) is 10.1 Å². The summed E-state index contributed by atoms with van der Waals surface area (Å²) in [6.07, 6.45) is 1.68. The number of hydrogen-bond acceptors (Lipinski definition) is 3. The fourth-order valence-corrected chi connectivity index (χ4v) is 3.47. The third kappa shape index (κ3) is 4.82. The summed E-state index contributed by atoms with van der Waals surface area (Å²) in [4.78, 5) is 18.8. The molecular weight excluding hydrogens is 315 g/mol. The number of hydrogen-bond donors (Lipinski definition) is 3. The van der Waals surface area contributed by atoms with Crippen LogP contribution in [0.5, 0.6) is 0 Å². The summed E-state index contributed by atoms with van der Waals surface area (Å²) in [6.45, 7) is 5.22. The lowest BCUT2D eigenvalue weighted by atomic mass is 10.2. The fraction of sp³-hybridized carbons (Fsp3) is 0.375. The standard InChI is InChI=1S/C16H19FN4OS/c17-14-3-1-2-13(10-14)11-20-5-7-21(8-6-20)12-15(22)19-16-18-4-9-23-16/h1-4,9-10H,5-8,11-12H2,(H,18,19,22)/p+2. The van der Waals surface area contributed by atoms with Crippen LogP contribution in [0.15, 0.2) is 35.8 Å². The molecule has 1 fully saturated rings. The molecule has 0 radical (unpaired) electrons. The summed E-state index contributed by atoms with van der Waals surface area (Å²) in [6, 6.07) is 6.81. The van der Waals surface area contributed by atoms with E-state index >= 15 is 0 Å². The molecule has 7 heteroatoms. The number of carbonyl (C=O) groups excluding carboxylic acids is 1. The van der Waals surface area contributed by atoms with E-state index in [4.69, 9.17) is 0 Å². The molecule has 1 aliphatic heterocycles. The van der Waals surface area contributed by atoms with Crippen molar-refractivity contribution in [3.8, 4) is 0 Å². The number of thiazole rings is 1. The molecule has 1 aliphatic rings. The molecule has 2 heterocycles. The first-order valence-corrected chi connectivity index (χ1v) is 8.68. The predicted molar refractivity (Wildman–Crippen MR) is 87.1 cm³/mol.